The van der Waals surface area contributed by atoms with Gasteiger partial charge in [-0.2, -0.15) is 0 Å². The number of aromatic nitrogens is 1. The normalized spacial score (nSPS) is 10.3. The highest BCUT2D eigenvalue weighted by Gasteiger charge is 1.97. The van der Waals surface area contributed by atoms with Crippen molar-refractivity contribution in [3.63, 3.8) is 0 Å². The second-order valence-electron chi connectivity index (χ2n) is 1.70. The van der Waals surface area contributed by atoms with Crippen LogP contribution in [0.2, 0.25) is 1.41 Å². The van der Waals surface area contributed by atoms with Crippen LogP contribution in [0.1, 0.15) is 10.4 Å². The van der Waals surface area contributed by atoms with Crippen molar-refractivity contribution in [2.24, 2.45) is 5.73 Å². The molecule has 4 heteroatoms. The number of halogens is 1. The van der Waals surface area contributed by atoms with Crippen molar-refractivity contribution in [3.05, 3.63) is 27.6 Å². The summed E-state index contributed by atoms with van der Waals surface area (Å²) in [6.45, 7) is 0. The standard InChI is InChI=1S/C6H5IN2O/c7-5-2-1-4(3-9-5)6(8)10/h1-3H,(H2,8,10)/i/hD. The van der Waals surface area contributed by atoms with Crippen molar-refractivity contribution in [3.8, 4) is 0 Å². The van der Waals surface area contributed by atoms with Crippen LogP contribution in [0.25, 0.3) is 0 Å². The number of primary amides is 1. The van der Waals surface area contributed by atoms with E-state index in [1.165, 1.54) is 6.20 Å². The fourth-order valence-electron chi connectivity index (χ4n) is 0.510. The van der Waals surface area contributed by atoms with E-state index < -0.39 is 5.91 Å². The first-order valence-electron chi connectivity index (χ1n) is 3.07. The van der Waals surface area contributed by atoms with Gasteiger partial charge in [-0.15, -0.1) is 0 Å². The van der Waals surface area contributed by atoms with Crippen LogP contribution in [-0.2, 0) is 0 Å². The Morgan fingerprint density at radius 3 is 3.10 bits per heavy atom. The van der Waals surface area contributed by atoms with Gasteiger partial charge in [-0.25, -0.2) is 4.98 Å². The second-order valence-corrected chi connectivity index (χ2v) is 2.80. The fourth-order valence-corrected chi connectivity index (χ4v) is 0.829. The minimum Gasteiger partial charge on any atom is -0.366 e. The maximum Gasteiger partial charge on any atom is 0.250 e. The molecule has 0 aliphatic carbocycles. The molecule has 0 aliphatic rings. The molecule has 1 aromatic rings. The Bertz CT molecular complexity index is 262. The number of pyridine rings is 1. The first-order valence-corrected chi connectivity index (χ1v) is 3.65. The van der Waals surface area contributed by atoms with Crippen LogP contribution in [0.15, 0.2) is 18.3 Å². The first kappa shape index (κ1) is 6.09. The minimum atomic E-state index is -0.436. The molecule has 1 heterocycles. The van der Waals surface area contributed by atoms with E-state index in [1.807, 2.05) is 22.6 Å². The average molecular weight is 249 g/mol. The largest absolute Gasteiger partial charge is 0.366 e. The highest BCUT2D eigenvalue weighted by Crippen LogP contribution is 2.01. The van der Waals surface area contributed by atoms with Crippen molar-refractivity contribution in [1.82, 2.24) is 4.98 Å². The number of carbonyl (C=O) groups excluding carboxylic acids is 1. The zero-order chi connectivity index (χ0) is 8.27. The van der Waals surface area contributed by atoms with Crippen LogP contribution < -0.4 is 5.73 Å². The number of carbonyl (C=O) groups is 1. The van der Waals surface area contributed by atoms with E-state index in [4.69, 9.17) is 1.41 Å². The average Bonchev–Trinajstić information content (AvgIpc) is 2.05. The molecule has 1 aromatic heterocycles. The van der Waals surface area contributed by atoms with E-state index in [1.54, 1.807) is 17.9 Å². The summed E-state index contributed by atoms with van der Waals surface area (Å²) in [6, 6.07) is 3.34. The molecule has 0 spiro atoms. The van der Waals surface area contributed by atoms with E-state index in [9.17, 15) is 4.79 Å². The Hall–Kier alpha value is -0.650. The third-order valence-electron chi connectivity index (χ3n) is 0.990. The highest BCUT2D eigenvalue weighted by molar-refractivity contribution is 14.1. The van der Waals surface area contributed by atoms with Gasteiger partial charge in [0.05, 0.1) is 5.56 Å². The molecule has 0 radical (unpaired) electrons. The minimum absolute atomic E-state index is 0.403. The smallest absolute Gasteiger partial charge is 0.250 e. The van der Waals surface area contributed by atoms with Crippen LogP contribution in [0, 0.1) is 3.70 Å². The molecule has 0 aliphatic heterocycles. The predicted octanol–water partition coefficient (Wildman–Crippen LogP) is 0.785. The summed E-state index contributed by atoms with van der Waals surface area (Å²) < 4.78 is 7.39. The summed E-state index contributed by atoms with van der Waals surface area (Å²) in [6.07, 6.45) is 1.44. The van der Waals surface area contributed by atoms with E-state index in [0.717, 1.165) is 3.70 Å². The van der Waals surface area contributed by atoms with Gasteiger partial charge in [-0.05, 0) is 34.7 Å². The Morgan fingerprint density at radius 1 is 1.80 bits per heavy atom. The molecule has 0 saturated heterocycles. The van der Waals surface area contributed by atoms with Crippen LogP contribution in [0.5, 0.6) is 0 Å². The van der Waals surface area contributed by atoms with Gasteiger partial charge in [-0.1, -0.05) is 0 Å². The van der Waals surface area contributed by atoms with Crippen molar-refractivity contribution < 1.29 is 6.21 Å². The molecule has 0 unspecified atom stereocenters. The van der Waals surface area contributed by atoms with E-state index in [-0.39, 0.29) is 0 Å². The van der Waals surface area contributed by atoms with Gasteiger partial charge in [0.15, 0.2) is 1.41 Å². The van der Waals surface area contributed by atoms with Crippen LogP contribution >= 0.6 is 22.6 Å². The molecule has 0 saturated carbocycles. The van der Waals surface area contributed by atoms with Gasteiger partial charge in [0.2, 0.25) is 5.91 Å². The molecule has 1 rings (SSSR count). The number of hydrogen-bond donors (Lipinski definition) is 1. The lowest BCUT2D eigenvalue weighted by Crippen LogP contribution is -2.10. The molecule has 0 fully saturated rings. The molecule has 0 atom stereocenters. The van der Waals surface area contributed by atoms with Crippen molar-refractivity contribution in [2.45, 2.75) is 0 Å². The Kier molecular flexibility index (Phi) is 1.80. The third kappa shape index (κ3) is 1.66. The molecule has 10 heavy (non-hydrogen) atoms. The predicted molar refractivity (Wildman–Crippen MR) is 45.5 cm³/mol. The summed E-state index contributed by atoms with van der Waals surface area (Å²) in [5.74, 6) is -0.436. The first-order chi connectivity index (χ1) is 5.24. The highest BCUT2D eigenvalue weighted by atomic mass is 127. The number of amides is 1. The summed E-state index contributed by atoms with van der Waals surface area (Å²) in [7, 11) is 0. The van der Waals surface area contributed by atoms with E-state index >= 15 is 0 Å². The molecule has 1 amide bonds. The zero-order valence-corrected chi connectivity index (χ0v) is 7.12. The molecule has 3 nitrogen and oxygen atoms in total. The molecule has 2 N–H and O–H groups in total. The summed E-state index contributed by atoms with van der Waals surface area (Å²) in [4.78, 5) is 14.7. The van der Waals surface area contributed by atoms with Crippen molar-refractivity contribution in [1.29, 1.82) is 0 Å². The van der Waals surface area contributed by atoms with E-state index in [2.05, 4.69) is 4.98 Å². The number of rotatable bonds is 1. The van der Waals surface area contributed by atoms with Crippen LogP contribution in [-0.4, -0.2) is 10.9 Å². The van der Waals surface area contributed by atoms with Gasteiger partial charge in [0.1, 0.15) is 3.70 Å². The topological polar surface area (TPSA) is 56.0 Å². The SMILES string of the molecule is [2H]NC(=O)c1ccc(I)nc1. The van der Waals surface area contributed by atoms with Crippen LogP contribution in [0.3, 0.4) is 0 Å². The van der Waals surface area contributed by atoms with Crippen molar-refractivity contribution in [2.75, 3.05) is 0 Å². The molecular weight excluding hydrogens is 243 g/mol. The number of nitrogens with two attached hydrogens (primary N) is 1. The maximum atomic E-state index is 10.8. The molecule has 0 aromatic carbocycles. The maximum absolute atomic E-state index is 10.8. The lowest BCUT2D eigenvalue weighted by Gasteiger charge is -1.92. The monoisotopic (exact) mass is 249 g/mol. The molecule has 52 valence electrons. The number of nitrogens with zero attached hydrogens (tertiary/aromatic N) is 1. The van der Waals surface area contributed by atoms with Gasteiger partial charge >= 0.3 is 0 Å². The lowest BCUT2D eigenvalue weighted by molar-refractivity contribution is 0.1000. The number of hydrogen-bond acceptors (Lipinski definition) is 2. The second kappa shape index (κ2) is 2.96. The van der Waals surface area contributed by atoms with E-state index in [0.29, 0.717) is 5.56 Å². The van der Waals surface area contributed by atoms with Gasteiger partial charge in [0.25, 0.3) is 0 Å². The van der Waals surface area contributed by atoms with Gasteiger partial charge < -0.3 is 5.73 Å². The summed E-state index contributed by atoms with van der Waals surface area (Å²) in [5, 5.41) is 0. The summed E-state index contributed by atoms with van der Waals surface area (Å²) >= 11 is 2.04. The lowest BCUT2D eigenvalue weighted by atomic mass is 10.3. The fraction of sp³-hybridized carbons (Fsp3) is 0. The van der Waals surface area contributed by atoms with Crippen molar-refractivity contribution >= 4 is 28.5 Å². The van der Waals surface area contributed by atoms with Gasteiger partial charge in [0, 0.05) is 6.20 Å². The van der Waals surface area contributed by atoms with Crippen LogP contribution in [0.4, 0.5) is 0 Å². The van der Waals surface area contributed by atoms with Gasteiger partial charge in [-0.3, -0.25) is 4.79 Å². The molecular formula is C6H5IN2O. The Labute approximate surface area is 73.2 Å². The third-order valence-corrected chi connectivity index (χ3v) is 1.63. The summed E-state index contributed by atoms with van der Waals surface area (Å²) in [5.41, 5.74) is 2.17. The zero-order valence-electron chi connectivity index (χ0n) is 5.97. The Balaban J connectivity index is 2.90. The Morgan fingerprint density at radius 2 is 2.60 bits per heavy atom. The molecule has 0 bridgehead atoms. The quantitative estimate of drug-likeness (QED) is 0.590.